The van der Waals surface area contributed by atoms with Crippen LogP contribution in [-0.2, 0) is 22.5 Å². The van der Waals surface area contributed by atoms with Gasteiger partial charge in [0.15, 0.2) is 0 Å². The third-order valence-corrected chi connectivity index (χ3v) is 2.96. The largest absolute Gasteiger partial charge is 0.467 e. The molecule has 1 atom stereocenters. The lowest BCUT2D eigenvalue weighted by molar-refractivity contribution is -0.146. The molecule has 1 aromatic heterocycles. The van der Waals surface area contributed by atoms with Crippen LogP contribution in [-0.4, -0.2) is 46.6 Å². The molecule has 2 heterocycles. The maximum atomic E-state index is 11.9. The molecule has 1 aliphatic heterocycles. The summed E-state index contributed by atoms with van der Waals surface area (Å²) < 4.78 is 4.74. The van der Waals surface area contributed by atoms with Gasteiger partial charge >= 0.3 is 12.0 Å². The van der Waals surface area contributed by atoms with Crippen LogP contribution in [0.4, 0.5) is 4.79 Å². The van der Waals surface area contributed by atoms with Crippen LogP contribution in [0.15, 0.2) is 6.33 Å². The standard InChI is InChI=1S/C11H16N4O3/c1-3-12-11(17)15-5-8-7(13-6-14-8)4-9(15)10(16)18-2/h6,9H,3-5H2,1-2H3,(H,12,17)(H,13,14). The lowest BCUT2D eigenvalue weighted by Gasteiger charge is -2.32. The molecule has 1 aliphatic rings. The summed E-state index contributed by atoms with van der Waals surface area (Å²) in [7, 11) is 1.32. The van der Waals surface area contributed by atoms with Crippen molar-refractivity contribution in [1.29, 1.82) is 0 Å². The number of H-pyrrole nitrogens is 1. The lowest BCUT2D eigenvalue weighted by Crippen LogP contribution is -2.52. The van der Waals surface area contributed by atoms with E-state index in [-0.39, 0.29) is 6.03 Å². The number of carbonyl (C=O) groups is 2. The van der Waals surface area contributed by atoms with Crippen LogP contribution in [0.25, 0.3) is 0 Å². The number of carbonyl (C=O) groups excluding carboxylic acids is 2. The average Bonchev–Trinajstić information content (AvgIpc) is 2.83. The third-order valence-electron chi connectivity index (χ3n) is 2.96. The number of esters is 1. The monoisotopic (exact) mass is 252 g/mol. The number of amides is 2. The lowest BCUT2D eigenvalue weighted by atomic mass is 10.0. The number of aromatic amines is 1. The van der Waals surface area contributed by atoms with Gasteiger partial charge in [0, 0.05) is 13.0 Å². The smallest absolute Gasteiger partial charge is 0.329 e. The molecule has 18 heavy (non-hydrogen) atoms. The zero-order valence-electron chi connectivity index (χ0n) is 10.4. The molecule has 0 radical (unpaired) electrons. The van der Waals surface area contributed by atoms with Crippen molar-refractivity contribution in [2.24, 2.45) is 0 Å². The molecule has 0 aliphatic carbocycles. The Balaban J connectivity index is 2.24. The van der Waals surface area contributed by atoms with Crippen LogP contribution >= 0.6 is 0 Å². The molecule has 98 valence electrons. The van der Waals surface area contributed by atoms with Gasteiger partial charge in [0.25, 0.3) is 0 Å². The quantitative estimate of drug-likeness (QED) is 0.727. The topological polar surface area (TPSA) is 87.3 Å². The Hall–Kier alpha value is -2.05. The number of ether oxygens (including phenoxy) is 1. The number of imidazole rings is 1. The highest BCUT2D eigenvalue weighted by molar-refractivity contribution is 5.84. The summed E-state index contributed by atoms with van der Waals surface area (Å²) in [6, 6.07) is -0.884. The maximum absolute atomic E-state index is 11.9. The van der Waals surface area contributed by atoms with E-state index >= 15 is 0 Å². The van der Waals surface area contributed by atoms with Gasteiger partial charge in [-0.25, -0.2) is 14.6 Å². The number of rotatable bonds is 2. The van der Waals surface area contributed by atoms with Crippen LogP contribution in [0, 0.1) is 0 Å². The fourth-order valence-corrected chi connectivity index (χ4v) is 2.05. The molecule has 2 rings (SSSR count). The molecular formula is C11H16N4O3. The minimum absolute atomic E-state index is 0.270. The Morgan fingerprint density at radius 2 is 2.44 bits per heavy atom. The number of hydrogen-bond donors (Lipinski definition) is 2. The molecule has 0 fully saturated rings. The first-order valence-electron chi connectivity index (χ1n) is 5.80. The van der Waals surface area contributed by atoms with Gasteiger partial charge in [0.2, 0.25) is 0 Å². The highest BCUT2D eigenvalue weighted by atomic mass is 16.5. The van der Waals surface area contributed by atoms with Gasteiger partial charge < -0.3 is 19.9 Å². The van der Waals surface area contributed by atoms with Crippen molar-refractivity contribution >= 4 is 12.0 Å². The number of hydrogen-bond acceptors (Lipinski definition) is 4. The number of fused-ring (bicyclic) bond motifs is 1. The predicted molar refractivity (Wildman–Crippen MR) is 62.7 cm³/mol. The summed E-state index contributed by atoms with van der Waals surface area (Å²) in [5, 5.41) is 2.69. The van der Waals surface area contributed by atoms with Crippen LogP contribution in [0.3, 0.4) is 0 Å². The first-order valence-corrected chi connectivity index (χ1v) is 5.80. The summed E-state index contributed by atoms with van der Waals surface area (Å²) in [4.78, 5) is 32.3. The summed E-state index contributed by atoms with van der Waals surface area (Å²) in [5.74, 6) is -0.421. The van der Waals surface area contributed by atoms with Gasteiger partial charge in [-0.1, -0.05) is 0 Å². The van der Waals surface area contributed by atoms with Crippen molar-refractivity contribution in [2.45, 2.75) is 25.9 Å². The molecule has 1 unspecified atom stereocenters. The molecule has 2 amide bonds. The van der Waals surface area contributed by atoms with E-state index in [4.69, 9.17) is 4.74 Å². The van der Waals surface area contributed by atoms with Crippen molar-refractivity contribution in [3.8, 4) is 0 Å². The molecule has 7 nitrogen and oxygen atoms in total. The van der Waals surface area contributed by atoms with Gasteiger partial charge in [-0.2, -0.15) is 0 Å². The van der Waals surface area contributed by atoms with Gasteiger partial charge in [-0.3, -0.25) is 0 Å². The average molecular weight is 252 g/mol. The summed E-state index contributed by atoms with van der Waals surface area (Å²) in [5.41, 5.74) is 1.67. The fourth-order valence-electron chi connectivity index (χ4n) is 2.05. The molecule has 0 bridgehead atoms. The van der Waals surface area contributed by atoms with E-state index in [1.165, 1.54) is 12.0 Å². The van der Waals surface area contributed by atoms with Crippen LogP contribution in [0.5, 0.6) is 0 Å². The first-order chi connectivity index (χ1) is 8.67. The number of nitrogens with one attached hydrogen (secondary N) is 2. The van der Waals surface area contributed by atoms with E-state index in [1.54, 1.807) is 6.33 Å². The zero-order chi connectivity index (χ0) is 13.1. The van der Waals surface area contributed by atoms with Crippen molar-refractivity contribution in [1.82, 2.24) is 20.2 Å². The Morgan fingerprint density at radius 1 is 1.67 bits per heavy atom. The Morgan fingerprint density at radius 3 is 3.11 bits per heavy atom. The highest BCUT2D eigenvalue weighted by Gasteiger charge is 2.36. The van der Waals surface area contributed by atoms with Crippen LogP contribution in [0.1, 0.15) is 18.3 Å². The van der Waals surface area contributed by atoms with E-state index in [9.17, 15) is 9.59 Å². The molecule has 0 aromatic carbocycles. The molecule has 7 heteroatoms. The number of aromatic nitrogens is 2. The van der Waals surface area contributed by atoms with E-state index in [0.29, 0.717) is 19.5 Å². The second kappa shape index (κ2) is 5.07. The van der Waals surface area contributed by atoms with Crippen molar-refractivity contribution in [3.05, 3.63) is 17.7 Å². The Labute approximate surface area is 105 Å². The van der Waals surface area contributed by atoms with Crippen molar-refractivity contribution < 1.29 is 14.3 Å². The maximum Gasteiger partial charge on any atom is 0.329 e. The molecule has 2 N–H and O–H groups in total. The van der Waals surface area contributed by atoms with E-state index in [2.05, 4.69) is 15.3 Å². The van der Waals surface area contributed by atoms with Gasteiger partial charge in [-0.05, 0) is 6.92 Å². The molecule has 1 aromatic rings. The van der Waals surface area contributed by atoms with E-state index in [1.807, 2.05) is 6.92 Å². The van der Waals surface area contributed by atoms with E-state index in [0.717, 1.165) is 11.4 Å². The SMILES string of the molecule is CCNC(=O)N1Cc2[nH]cnc2CC1C(=O)OC. The van der Waals surface area contributed by atoms with E-state index < -0.39 is 12.0 Å². The summed E-state index contributed by atoms with van der Waals surface area (Å²) in [6.07, 6.45) is 1.95. The van der Waals surface area contributed by atoms with Gasteiger partial charge in [-0.15, -0.1) is 0 Å². The minimum Gasteiger partial charge on any atom is -0.467 e. The molecule has 0 spiro atoms. The highest BCUT2D eigenvalue weighted by Crippen LogP contribution is 2.21. The van der Waals surface area contributed by atoms with Crippen LogP contribution < -0.4 is 5.32 Å². The zero-order valence-corrected chi connectivity index (χ0v) is 10.4. The second-order valence-corrected chi connectivity index (χ2v) is 4.03. The molecule has 0 saturated heterocycles. The number of urea groups is 1. The van der Waals surface area contributed by atoms with Gasteiger partial charge in [0.1, 0.15) is 6.04 Å². The number of methoxy groups -OCH3 is 1. The minimum atomic E-state index is -0.614. The summed E-state index contributed by atoms with van der Waals surface area (Å²) >= 11 is 0. The van der Waals surface area contributed by atoms with Crippen LogP contribution in [0.2, 0.25) is 0 Å². The first kappa shape index (κ1) is 12.4. The fraction of sp³-hybridized carbons (Fsp3) is 0.545. The third kappa shape index (κ3) is 2.15. The Bertz CT molecular complexity index is 457. The predicted octanol–water partition coefficient (Wildman–Crippen LogP) is 0.0389. The normalized spacial score (nSPS) is 18.1. The van der Waals surface area contributed by atoms with Crippen molar-refractivity contribution in [2.75, 3.05) is 13.7 Å². The molecule has 0 saturated carbocycles. The van der Waals surface area contributed by atoms with Crippen molar-refractivity contribution in [3.63, 3.8) is 0 Å². The molecular weight excluding hydrogens is 236 g/mol. The Kier molecular flexibility index (Phi) is 3.50. The summed E-state index contributed by atoms with van der Waals surface area (Å²) in [6.45, 7) is 2.68. The van der Waals surface area contributed by atoms with Gasteiger partial charge in [0.05, 0.1) is 31.4 Å². The second-order valence-electron chi connectivity index (χ2n) is 4.03. The number of nitrogens with zero attached hydrogens (tertiary/aromatic N) is 2.